The monoisotopic (exact) mass is 1120 g/mol. The van der Waals surface area contributed by atoms with Crippen molar-refractivity contribution in [2.24, 2.45) is 0 Å². The van der Waals surface area contributed by atoms with E-state index in [1.54, 1.807) is 11.9 Å². The standard InChI is InChI=1S/C47H62N9O17P3/c1-6-49-33-23-35-31(21-27(33)3)39(32-22-28(4)34(50-7-2)24-36(32)70-35)29-15-10-11-16-30(29)45(61)55(5)19-14-17-38(57)51-18-12-8-9-13-20-68-74(62,63)72-76(66,67)73-75(64,65)69-25-37-41(58)42(59)46(71-37)56-26-52-40-43(56)53-47(48)54-44(40)60/h10-11,15-16,21-24,26,37,41-42,46,49,58-59H,6-9,12-14,17-20,25H2,1-5H3,(H,51,57)(H,62,63)(H,64,65)(H,66,67)(H3,48,53,54,60)/t37-,41-,42-,46-/m1/s1. The maximum absolute atomic E-state index is 14.2. The van der Waals surface area contributed by atoms with Crippen molar-refractivity contribution in [2.45, 2.75) is 90.8 Å². The summed E-state index contributed by atoms with van der Waals surface area (Å²) in [7, 11) is -15.4. The highest BCUT2D eigenvalue weighted by molar-refractivity contribution is 7.66. The number of aromatic nitrogens is 4. The van der Waals surface area contributed by atoms with Crippen molar-refractivity contribution in [3.63, 3.8) is 0 Å². The average Bonchev–Trinajstić information content (AvgIpc) is 3.89. The van der Waals surface area contributed by atoms with Gasteiger partial charge in [-0.1, -0.05) is 31.0 Å². The van der Waals surface area contributed by atoms with E-state index in [1.165, 1.54) is 0 Å². The topological polar surface area (TPSA) is 379 Å². The third kappa shape index (κ3) is 14.1. The van der Waals surface area contributed by atoms with E-state index >= 15 is 0 Å². The minimum absolute atomic E-state index is 0.130. The summed E-state index contributed by atoms with van der Waals surface area (Å²) in [5.41, 5.74) is 11.3. The van der Waals surface area contributed by atoms with Gasteiger partial charge in [0.15, 0.2) is 17.4 Å². The molecule has 2 aromatic heterocycles. The number of aryl methyl sites for hydroxylation is 2. The lowest BCUT2D eigenvalue weighted by Crippen LogP contribution is -2.76. The van der Waals surface area contributed by atoms with Crippen LogP contribution in [0.4, 0.5) is 11.6 Å². The number of nitrogens with two attached hydrogens (primary N) is 1. The molecule has 3 unspecified atom stereocenters. The molecule has 1 saturated heterocycles. The highest BCUT2D eigenvalue weighted by atomic mass is 31.3. The average molecular weight is 1120 g/mol. The smallest absolute Gasteiger partial charge is 0.487 e. The lowest BCUT2D eigenvalue weighted by atomic mass is 9.89. The Bertz CT molecular complexity index is 3330. The van der Waals surface area contributed by atoms with Gasteiger partial charge in [-0.2, -0.15) is 9.29 Å². The summed E-state index contributed by atoms with van der Waals surface area (Å²) in [6, 6.07) is 15.7. The minimum atomic E-state index is -5.89. The first-order chi connectivity index (χ1) is 36.0. The molecule has 4 heterocycles. The first kappa shape index (κ1) is 58.0. The normalized spacial score (nSPS) is 19.4. The van der Waals surface area contributed by atoms with Crippen LogP contribution in [0, 0.1) is 13.8 Å². The summed E-state index contributed by atoms with van der Waals surface area (Å²) in [5.74, 6) is -0.0371. The Balaban J connectivity index is 0.818. The number of rotatable bonds is 25. The largest absolute Gasteiger partial charge is 0.756 e. The SMILES string of the molecule is CCNc1cc2oc3cc(=[NH+]CC)c(C)cc-3c(-c3ccccc3C(=O)N(C)CCCC(=O)NCCCCCCOP(=O)([O-])OP(=O)(O)OP(=O)(O)OC[C@H]3O[C@@H](n4cnc5c(=O)[nH]c(N)nc54)[C@H](O)[C@@H]3O)c2cc1C. The molecule has 2 aromatic carbocycles. The Labute approximate surface area is 435 Å². The van der Waals surface area contributed by atoms with Crippen LogP contribution in [0.2, 0.25) is 0 Å². The van der Waals surface area contributed by atoms with Crippen molar-refractivity contribution in [1.29, 1.82) is 0 Å². The Hall–Kier alpha value is -5.69. The molecule has 29 heteroatoms. The minimum Gasteiger partial charge on any atom is -0.756 e. The summed E-state index contributed by atoms with van der Waals surface area (Å²) in [6.07, 6.45) is -3.35. The Morgan fingerprint density at radius 3 is 2.46 bits per heavy atom. The van der Waals surface area contributed by atoms with Crippen LogP contribution in [-0.2, 0) is 40.9 Å². The lowest BCUT2D eigenvalue weighted by molar-refractivity contribution is -0.496. The second kappa shape index (κ2) is 24.8. The fraction of sp³-hybridized carbons (Fsp3) is 0.447. The van der Waals surface area contributed by atoms with Crippen LogP contribution in [0.3, 0.4) is 0 Å². The molecule has 2 aliphatic heterocycles. The van der Waals surface area contributed by atoms with Gasteiger partial charge < -0.3 is 59.8 Å². The summed E-state index contributed by atoms with van der Waals surface area (Å²) in [6.45, 7) is 8.69. The van der Waals surface area contributed by atoms with E-state index in [0.717, 1.165) is 68.2 Å². The second-order valence-electron chi connectivity index (χ2n) is 18.0. The van der Waals surface area contributed by atoms with E-state index in [2.05, 4.69) is 60.4 Å². The van der Waals surface area contributed by atoms with E-state index in [9.17, 15) is 53.0 Å². The number of nitrogen functional groups attached to an aromatic ring is 1. The zero-order valence-corrected chi connectivity index (χ0v) is 45.0. The van der Waals surface area contributed by atoms with Crippen molar-refractivity contribution in [2.75, 3.05) is 57.5 Å². The number of H-pyrrole nitrogens is 1. The number of hydrogen-bond acceptors (Lipinski definition) is 19. The maximum atomic E-state index is 14.2. The van der Waals surface area contributed by atoms with Crippen LogP contribution in [-0.4, -0.2) is 121 Å². The number of carbonyl (C=O) groups is 2. The molecule has 10 N–H and O–H groups in total. The van der Waals surface area contributed by atoms with Crippen LogP contribution >= 0.6 is 23.5 Å². The van der Waals surface area contributed by atoms with Crippen LogP contribution in [0.5, 0.6) is 0 Å². The molecule has 1 fully saturated rings. The van der Waals surface area contributed by atoms with Gasteiger partial charge in [0.25, 0.3) is 19.3 Å². The number of nitrogens with zero attached hydrogens (tertiary/aromatic N) is 4. The molecule has 2 amide bonds. The molecule has 7 atom stereocenters. The van der Waals surface area contributed by atoms with Crippen molar-refractivity contribution in [3.05, 3.63) is 87.3 Å². The van der Waals surface area contributed by atoms with Crippen LogP contribution in [0.25, 0.3) is 44.6 Å². The Morgan fingerprint density at radius 1 is 0.961 bits per heavy atom. The predicted molar refractivity (Wildman–Crippen MR) is 274 cm³/mol. The molecule has 0 saturated carbocycles. The van der Waals surface area contributed by atoms with Crippen molar-refractivity contribution in [3.8, 4) is 22.5 Å². The summed E-state index contributed by atoms with van der Waals surface area (Å²) in [4.78, 5) is 86.4. The number of aliphatic hydroxyl groups is 2. The van der Waals surface area contributed by atoms with Gasteiger partial charge in [-0.15, -0.1) is 0 Å². The van der Waals surface area contributed by atoms with Crippen LogP contribution in [0.15, 0.2) is 64.1 Å². The summed E-state index contributed by atoms with van der Waals surface area (Å²) >= 11 is 0. The molecule has 26 nitrogen and oxygen atoms in total. The Morgan fingerprint density at radius 2 is 1.71 bits per heavy atom. The van der Waals surface area contributed by atoms with E-state index in [4.69, 9.17) is 14.9 Å². The molecular formula is C47H62N9O17P3. The van der Waals surface area contributed by atoms with E-state index < -0.39 is 66.8 Å². The molecule has 412 valence electrons. The molecule has 4 aromatic rings. The number of fused-ring (bicyclic) bond motifs is 3. The molecule has 0 bridgehead atoms. The number of amides is 2. The number of aromatic amines is 1. The zero-order valence-electron chi connectivity index (χ0n) is 42.3. The van der Waals surface area contributed by atoms with Crippen molar-refractivity contribution >= 4 is 69.1 Å². The number of aliphatic hydroxyl groups excluding tert-OH is 2. The number of anilines is 2. The zero-order chi connectivity index (χ0) is 55.1. The first-order valence-electron chi connectivity index (χ1n) is 24.4. The second-order valence-corrected chi connectivity index (χ2v) is 22.6. The molecular weight excluding hydrogens is 1060 g/mol. The maximum Gasteiger partial charge on any atom is 0.487 e. The molecule has 76 heavy (non-hydrogen) atoms. The fourth-order valence-electron chi connectivity index (χ4n) is 8.71. The number of unbranched alkanes of at least 4 members (excludes halogenated alkanes) is 3. The van der Waals surface area contributed by atoms with Crippen molar-refractivity contribution < 1.29 is 80.0 Å². The summed E-state index contributed by atoms with van der Waals surface area (Å²) < 4.78 is 67.7. The molecule has 0 radical (unpaired) electrons. The molecule has 1 aliphatic carbocycles. The highest BCUT2D eigenvalue weighted by Gasteiger charge is 2.47. The third-order valence-electron chi connectivity index (χ3n) is 12.3. The van der Waals surface area contributed by atoms with Crippen molar-refractivity contribution in [1.82, 2.24) is 29.7 Å². The number of ether oxygens (including phenoxy) is 1. The number of phosphoric ester groups is 2. The van der Waals surface area contributed by atoms with E-state index in [1.807, 2.05) is 64.1 Å². The van der Waals surface area contributed by atoms with Crippen LogP contribution < -0.4 is 37.2 Å². The van der Waals surface area contributed by atoms with Gasteiger partial charge in [-0.3, -0.25) is 33.0 Å². The van der Waals surface area contributed by atoms with Gasteiger partial charge in [0.2, 0.25) is 17.2 Å². The van der Waals surface area contributed by atoms with E-state index in [-0.39, 0.29) is 41.8 Å². The number of imidazole rings is 1. The summed E-state index contributed by atoms with van der Waals surface area (Å²) in [5, 5.41) is 29.1. The highest BCUT2D eigenvalue weighted by Crippen LogP contribution is 2.66. The predicted octanol–water partition coefficient (Wildman–Crippen LogP) is 2.85. The fourth-order valence-corrected chi connectivity index (χ4v) is 12.2. The van der Waals surface area contributed by atoms with Gasteiger partial charge in [0.1, 0.15) is 36.2 Å². The van der Waals surface area contributed by atoms with Gasteiger partial charge >= 0.3 is 15.6 Å². The number of benzene rings is 3. The van der Waals surface area contributed by atoms with Gasteiger partial charge in [0, 0.05) is 72.5 Å². The molecule has 0 spiro atoms. The van der Waals surface area contributed by atoms with Gasteiger partial charge in [0.05, 0.1) is 25.6 Å². The number of phosphoric acid groups is 3. The quantitative estimate of drug-likeness (QED) is 0.0226. The first-order valence-corrected chi connectivity index (χ1v) is 28.8. The number of carbonyl (C=O) groups excluding carboxylic acids is 2. The number of hydrogen-bond donors (Lipinski definition) is 9. The van der Waals surface area contributed by atoms with E-state index in [0.29, 0.717) is 55.7 Å². The lowest BCUT2D eigenvalue weighted by Gasteiger charge is -2.25. The molecule has 7 rings (SSSR count). The molecule has 3 aliphatic rings. The third-order valence-corrected chi connectivity index (χ3v) is 16.6. The van der Waals surface area contributed by atoms with Gasteiger partial charge in [-0.25, -0.2) is 23.4 Å². The Kier molecular flexibility index (Phi) is 18.9. The van der Waals surface area contributed by atoms with Crippen LogP contribution in [0.1, 0.15) is 80.1 Å². The van der Waals surface area contributed by atoms with Gasteiger partial charge in [-0.05, 0) is 76.3 Å². The number of nitrogens with one attached hydrogen (secondary N) is 4.